The van der Waals surface area contributed by atoms with Gasteiger partial charge in [-0.3, -0.25) is 9.59 Å². The second kappa shape index (κ2) is 7.90. The van der Waals surface area contributed by atoms with Crippen LogP contribution in [0.1, 0.15) is 17.2 Å². The summed E-state index contributed by atoms with van der Waals surface area (Å²) < 4.78 is 4.85. The molecule has 2 aromatic rings. The first kappa shape index (κ1) is 18.4. The Kier molecular flexibility index (Phi) is 5.40. The summed E-state index contributed by atoms with van der Waals surface area (Å²) in [5.74, 6) is -1.12. The average Bonchev–Trinajstić information content (AvgIpc) is 2.67. The van der Waals surface area contributed by atoms with Gasteiger partial charge in [-0.15, -0.1) is 0 Å². The average molecular weight is 367 g/mol. The lowest BCUT2D eigenvalue weighted by atomic mass is 9.97. The monoisotopic (exact) mass is 367 g/mol. The summed E-state index contributed by atoms with van der Waals surface area (Å²) in [5, 5.41) is 2.71. The number of likely N-dealkylation sites (tertiary alicyclic amines) is 1. The molecule has 2 atom stereocenters. The summed E-state index contributed by atoms with van der Waals surface area (Å²) in [6, 6.07) is 14.5. The second-order valence-corrected chi connectivity index (χ2v) is 6.37. The topological polar surface area (TPSA) is 102 Å². The van der Waals surface area contributed by atoms with Gasteiger partial charge in [0.25, 0.3) is 0 Å². The van der Waals surface area contributed by atoms with E-state index in [0.29, 0.717) is 11.3 Å². The van der Waals surface area contributed by atoms with Gasteiger partial charge in [-0.1, -0.05) is 42.5 Å². The van der Waals surface area contributed by atoms with E-state index < -0.39 is 18.1 Å². The molecule has 2 amide bonds. The molecule has 3 N–H and O–H groups in total. The van der Waals surface area contributed by atoms with Gasteiger partial charge in [0, 0.05) is 5.69 Å². The van der Waals surface area contributed by atoms with E-state index in [1.54, 1.807) is 24.3 Å². The SMILES string of the molecule is COC(=O)C(c1cccc(N)c1)N1CC(NC(=O)Cc2ccccc2)C1=O. The molecule has 27 heavy (non-hydrogen) atoms. The molecule has 2 unspecified atom stereocenters. The van der Waals surface area contributed by atoms with Crippen LogP contribution in [-0.2, 0) is 25.5 Å². The Balaban J connectivity index is 1.65. The molecule has 0 bridgehead atoms. The molecule has 2 aromatic carbocycles. The first-order valence-electron chi connectivity index (χ1n) is 8.56. The number of rotatable bonds is 6. The van der Waals surface area contributed by atoms with Gasteiger partial charge in [0.1, 0.15) is 6.04 Å². The van der Waals surface area contributed by atoms with Gasteiger partial charge in [0.15, 0.2) is 6.04 Å². The molecular formula is C20H21N3O4. The van der Waals surface area contributed by atoms with Gasteiger partial charge in [-0.05, 0) is 23.3 Å². The zero-order valence-electron chi connectivity index (χ0n) is 14.9. The zero-order valence-corrected chi connectivity index (χ0v) is 14.9. The number of esters is 1. The quantitative estimate of drug-likeness (QED) is 0.451. The van der Waals surface area contributed by atoms with Crippen molar-refractivity contribution in [2.24, 2.45) is 0 Å². The van der Waals surface area contributed by atoms with Crippen LogP contribution in [0, 0.1) is 0 Å². The summed E-state index contributed by atoms with van der Waals surface area (Å²) in [6.07, 6.45) is 0.195. The van der Waals surface area contributed by atoms with E-state index in [0.717, 1.165) is 5.56 Å². The number of carbonyl (C=O) groups excluding carboxylic acids is 3. The largest absolute Gasteiger partial charge is 0.467 e. The molecule has 1 aliphatic heterocycles. The maximum absolute atomic E-state index is 12.5. The third-order valence-corrected chi connectivity index (χ3v) is 4.47. The number of benzene rings is 2. The van der Waals surface area contributed by atoms with Crippen LogP contribution in [0.3, 0.4) is 0 Å². The van der Waals surface area contributed by atoms with Gasteiger partial charge < -0.3 is 20.7 Å². The van der Waals surface area contributed by atoms with Crippen LogP contribution in [-0.4, -0.2) is 42.4 Å². The highest BCUT2D eigenvalue weighted by Crippen LogP contribution is 2.29. The van der Waals surface area contributed by atoms with Crippen LogP contribution < -0.4 is 11.1 Å². The van der Waals surface area contributed by atoms with E-state index in [1.807, 2.05) is 30.3 Å². The number of methoxy groups -OCH3 is 1. The van der Waals surface area contributed by atoms with Gasteiger partial charge in [0.05, 0.1) is 20.1 Å². The van der Waals surface area contributed by atoms with Crippen molar-refractivity contribution in [2.45, 2.75) is 18.5 Å². The number of β-lactam (4-membered cyclic amide) rings is 1. The van der Waals surface area contributed by atoms with Crippen LogP contribution in [0.5, 0.6) is 0 Å². The minimum atomic E-state index is -0.881. The Morgan fingerprint density at radius 1 is 1.22 bits per heavy atom. The van der Waals surface area contributed by atoms with E-state index in [9.17, 15) is 14.4 Å². The molecule has 1 fully saturated rings. The van der Waals surface area contributed by atoms with Crippen LogP contribution in [0.25, 0.3) is 0 Å². The summed E-state index contributed by atoms with van der Waals surface area (Å²) in [7, 11) is 1.27. The Hall–Kier alpha value is -3.35. The minimum absolute atomic E-state index is 0.195. The molecule has 7 heteroatoms. The number of hydrogen-bond acceptors (Lipinski definition) is 5. The van der Waals surface area contributed by atoms with Crippen molar-refractivity contribution in [3.05, 3.63) is 65.7 Å². The molecular weight excluding hydrogens is 346 g/mol. The van der Waals surface area contributed by atoms with Crippen LogP contribution >= 0.6 is 0 Å². The molecule has 0 aliphatic carbocycles. The molecule has 1 heterocycles. The number of nitrogen functional groups attached to an aromatic ring is 1. The van der Waals surface area contributed by atoms with E-state index >= 15 is 0 Å². The fraction of sp³-hybridized carbons (Fsp3) is 0.250. The van der Waals surface area contributed by atoms with Gasteiger partial charge in [0.2, 0.25) is 11.8 Å². The van der Waals surface area contributed by atoms with Crippen molar-refractivity contribution in [2.75, 3.05) is 19.4 Å². The summed E-state index contributed by atoms with van der Waals surface area (Å²) in [5.41, 5.74) is 7.71. The molecule has 0 saturated carbocycles. The maximum Gasteiger partial charge on any atom is 0.333 e. The second-order valence-electron chi connectivity index (χ2n) is 6.37. The molecule has 7 nitrogen and oxygen atoms in total. The van der Waals surface area contributed by atoms with Crippen molar-refractivity contribution in [1.29, 1.82) is 0 Å². The number of ether oxygens (including phenoxy) is 1. The normalized spacial score (nSPS) is 17.0. The first-order valence-corrected chi connectivity index (χ1v) is 8.56. The van der Waals surface area contributed by atoms with Gasteiger partial charge >= 0.3 is 5.97 Å². The summed E-state index contributed by atoms with van der Waals surface area (Å²) in [6.45, 7) is 0.230. The number of amides is 2. The molecule has 0 spiro atoms. The predicted molar refractivity (Wildman–Crippen MR) is 99.4 cm³/mol. The van der Waals surface area contributed by atoms with Crippen molar-refractivity contribution in [1.82, 2.24) is 10.2 Å². The molecule has 1 saturated heterocycles. The lowest BCUT2D eigenvalue weighted by Crippen LogP contribution is -2.65. The molecule has 1 aliphatic rings. The van der Waals surface area contributed by atoms with Crippen LogP contribution in [0.15, 0.2) is 54.6 Å². The van der Waals surface area contributed by atoms with E-state index in [4.69, 9.17) is 10.5 Å². The highest BCUT2D eigenvalue weighted by atomic mass is 16.5. The Morgan fingerprint density at radius 2 is 1.96 bits per heavy atom. The summed E-state index contributed by atoms with van der Waals surface area (Å²) >= 11 is 0. The Labute approximate surface area is 157 Å². The lowest BCUT2D eigenvalue weighted by Gasteiger charge is -2.42. The third-order valence-electron chi connectivity index (χ3n) is 4.47. The van der Waals surface area contributed by atoms with E-state index in [2.05, 4.69) is 5.32 Å². The number of hydrogen-bond donors (Lipinski definition) is 2. The fourth-order valence-electron chi connectivity index (χ4n) is 3.10. The van der Waals surface area contributed by atoms with Crippen LogP contribution in [0.4, 0.5) is 5.69 Å². The van der Waals surface area contributed by atoms with E-state index in [-0.39, 0.29) is 24.8 Å². The Bertz CT molecular complexity index is 853. The summed E-state index contributed by atoms with van der Waals surface area (Å²) in [4.78, 5) is 38.3. The van der Waals surface area contributed by atoms with Crippen molar-refractivity contribution in [3.8, 4) is 0 Å². The maximum atomic E-state index is 12.5. The number of nitrogens with two attached hydrogens (primary N) is 1. The van der Waals surface area contributed by atoms with Crippen molar-refractivity contribution in [3.63, 3.8) is 0 Å². The third kappa shape index (κ3) is 4.08. The van der Waals surface area contributed by atoms with Gasteiger partial charge in [-0.25, -0.2) is 4.79 Å². The van der Waals surface area contributed by atoms with Crippen molar-refractivity contribution < 1.29 is 19.1 Å². The van der Waals surface area contributed by atoms with E-state index in [1.165, 1.54) is 12.0 Å². The number of nitrogens with one attached hydrogen (secondary N) is 1. The standard InChI is InChI=1S/C20H21N3O4/c1-27-20(26)18(14-8-5-9-15(21)11-14)23-12-16(19(23)25)22-17(24)10-13-6-3-2-4-7-13/h2-9,11,16,18H,10,12,21H2,1H3,(H,22,24). The van der Waals surface area contributed by atoms with Crippen molar-refractivity contribution >= 4 is 23.5 Å². The van der Waals surface area contributed by atoms with Gasteiger partial charge in [-0.2, -0.15) is 0 Å². The number of carbonyl (C=O) groups is 3. The fourth-order valence-corrected chi connectivity index (χ4v) is 3.10. The smallest absolute Gasteiger partial charge is 0.333 e. The number of nitrogens with zero attached hydrogens (tertiary/aromatic N) is 1. The Morgan fingerprint density at radius 3 is 2.59 bits per heavy atom. The highest BCUT2D eigenvalue weighted by molar-refractivity contribution is 5.96. The number of anilines is 1. The predicted octanol–water partition coefficient (Wildman–Crippen LogP) is 1.05. The molecule has 3 rings (SSSR count). The molecule has 0 aromatic heterocycles. The molecule has 140 valence electrons. The minimum Gasteiger partial charge on any atom is -0.467 e. The lowest BCUT2D eigenvalue weighted by molar-refractivity contribution is -0.162. The first-order chi connectivity index (χ1) is 13.0. The highest BCUT2D eigenvalue weighted by Gasteiger charge is 2.45. The molecule has 0 radical (unpaired) electrons. The van der Waals surface area contributed by atoms with Crippen LogP contribution in [0.2, 0.25) is 0 Å². The zero-order chi connectivity index (χ0) is 19.4.